The van der Waals surface area contributed by atoms with Gasteiger partial charge < -0.3 is 5.11 Å². The molecule has 1 aromatic carbocycles. The Bertz CT molecular complexity index is 422. The van der Waals surface area contributed by atoms with Crippen LogP contribution >= 0.6 is 0 Å². The zero-order chi connectivity index (χ0) is 13.5. The predicted molar refractivity (Wildman–Crippen MR) is 76.9 cm³/mol. The van der Waals surface area contributed by atoms with Gasteiger partial charge in [-0.05, 0) is 43.6 Å². The van der Waals surface area contributed by atoms with E-state index in [2.05, 4.69) is 24.3 Å². The van der Waals surface area contributed by atoms with Crippen LogP contribution in [-0.2, 0) is 11.2 Å². The van der Waals surface area contributed by atoms with Gasteiger partial charge in [-0.25, -0.2) is 0 Å². The normalized spacial score (nSPS) is 25.2. The van der Waals surface area contributed by atoms with E-state index >= 15 is 0 Å². The van der Waals surface area contributed by atoms with Gasteiger partial charge in [-0.15, -0.1) is 0 Å². The second-order valence-corrected chi connectivity index (χ2v) is 5.36. The molecule has 2 heteroatoms. The van der Waals surface area contributed by atoms with E-state index in [-0.39, 0.29) is 5.78 Å². The summed E-state index contributed by atoms with van der Waals surface area (Å²) >= 11 is 0. The molecule has 2 unspecified atom stereocenters. The van der Waals surface area contributed by atoms with Crippen molar-refractivity contribution in [1.29, 1.82) is 0 Å². The Morgan fingerprint density at radius 3 is 2.74 bits per heavy atom. The average molecular weight is 258 g/mol. The Morgan fingerprint density at radius 1 is 1.16 bits per heavy atom. The average Bonchev–Trinajstić information content (AvgIpc) is 2.43. The first-order valence-electron chi connectivity index (χ1n) is 7.17. The van der Waals surface area contributed by atoms with Gasteiger partial charge in [0.1, 0.15) is 6.10 Å². The third-order valence-electron chi connectivity index (χ3n) is 3.79. The van der Waals surface area contributed by atoms with Crippen LogP contribution in [0.25, 0.3) is 0 Å². The lowest BCUT2D eigenvalue weighted by Gasteiger charge is -2.17. The lowest BCUT2D eigenvalue weighted by atomic mass is 9.88. The highest BCUT2D eigenvalue weighted by Crippen LogP contribution is 2.22. The molecule has 0 bridgehead atoms. The molecule has 1 aliphatic rings. The fourth-order valence-corrected chi connectivity index (χ4v) is 2.67. The minimum absolute atomic E-state index is 0.0448. The van der Waals surface area contributed by atoms with Crippen LogP contribution < -0.4 is 0 Å². The highest BCUT2D eigenvalue weighted by molar-refractivity contribution is 5.84. The number of aliphatic hydroxyl groups is 1. The Morgan fingerprint density at radius 2 is 1.95 bits per heavy atom. The van der Waals surface area contributed by atoms with Crippen molar-refractivity contribution in [3.05, 3.63) is 48.0 Å². The molecule has 2 atom stereocenters. The van der Waals surface area contributed by atoms with Crippen molar-refractivity contribution in [1.82, 2.24) is 0 Å². The molecule has 1 aliphatic carbocycles. The molecule has 0 spiro atoms. The third-order valence-corrected chi connectivity index (χ3v) is 3.79. The van der Waals surface area contributed by atoms with Crippen molar-refractivity contribution < 1.29 is 9.90 Å². The van der Waals surface area contributed by atoms with Crippen LogP contribution in [0.2, 0.25) is 0 Å². The lowest BCUT2D eigenvalue weighted by Crippen LogP contribution is -2.18. The maximum absolute atomic E-state index is 11.6. The summed E-state index contributed by atoms with van der Waals surface area (Å²) < 4.78 is 0. The molecule has 2 rings (SSSR count). The molecule has 0 fully saturated rings. The standard InChI is InChI=1S/C17H22O2/c18-16-11-5-4-9-15(10-6-12-17(16)19)13-14-7-2-1-3-8-14/h1-3,5,7-8,11,15-16,18H,4,6,9-10,12-13H2. The molecule has 0 heterocycles. The number of ketones is 1. The number of benzene rings is 1. The molecule has 19 heavy (non-hydrogen) atoms. The zero-order valence-corrected chi connectivity index (χ0v) is 11.3. The van der Waals surface area contributed by atoms with E-state index in [0.29, 0.717) is 12.3 Å². The number of hydrogen-bond donors (Lipinski definition) is 1. The maximum Gasteiger partial charge on any atom is 0.165 e. The molecule has 1 aromatic rings. The summed E-state index contributed by atoms with van der Waals surface area (Å²) in [6.07, 6.45) is 8.34. The van der Waals surface area contributed by atoms with E-state index in [1.165, 1.54) is 5.56 Å². The molecule has 0 saturated carbocycles. The molecular formula is C17H22O2. The Labute approximate surface area is 115 Å². The quantitative estimate of drug-likeness (QED) is 0.826. The van der Waals surface area contributed by atoms with Gasteiger partial charge in [0, 0.05) is 6.42 Å². The number of aliphatic hydroxyl groups excluding tert-OH is 1. The minimum atomic E-state index is -0.884. The van der Waals surface area contributed by atoms with Gasteiger partial charge in [0.2, 0.25) is 0 Å². The van der Waals surface area contributed by atoms with Crippen molar-refractivity contribution >= 4 is 5.78 Å². The van der Waals surface area contributed by atoms with Crippen LogP contribution in [0, 0.1) is 5.92 Å². The van der Waals surface area contributed by atoms with Crippen LogP contribution in [0.1, 0.15) is 37.7 Å². The predicted octanol–water partition coefficient (Wildman–Crippen LogP) is 3.30. The van der Waals surface area contributed by atoms with E-state index in [1.807, 2.05) is 12.1 Å². The second kappa shape index (κ2) is 7.25. The van der Waals surface area contributed by atoms with Gasteiger partial charge in [0.15, 0.2) is 5.78 Å². The summed E-state index contributed by atoms with van der Waals surface area (Å²) in [4.78, 5) is 11.6. The van der Waals surface area contributed by atoms with E-state index in [0.717, 1.165) is 32.1 Å². The molecule has 1 N–H and O–H groups in total. The molecule has 0 aliphatic heterocycles. The van der Waals surface area contributed by atoms with E-state index in [1.54, 1.807) is 6.08 Å². The fourth-order valence-electron chi connectivity index (χ4n) is 2.67. The summed E-state index contributed by atoms with van der Waals surface area (Å²) in [5.74, 6) is 0.590. The maximum atomic E-state index is 11.6. The van der Waals surface area contributed by atoms with Gasteiger partial charge in [0.25, 0.3) is 0 Å². The van der Waals surface area contributed by atoms with Crippen LogP contribution in [0.3, 0.4) is 0 Å². The topological polar surface area (TPSA) is 37.3 Å². The van der Waals surface area contributed by atoms with Crippen LogP contribution in [0.5, 0.6) is 0 Å². The fraction of sp³-hybridized carbons (Fsp3) is 0.471. The van der Waals surface area contributed by atoms with Crippen molar-refractivity contribution in [3.63, 3.8) is 0 Å². The van der Waals surface area contributed by atoms with E-state index in [9.17, 15) is 9.90 Å². The molecule has 2 nitrogen and oxygen atoms in total. The number of hydrogen-bond acceptors (Lipinski definition) is 2. The van der Waals surface area contributed by atoms with E-state index in [4.69, 9.17) is 0 Å². The van der Waals surface area contributed by atoms with Gasteiger partial charge in [0.05, 0.1) is 0 Å². The van der Waals surface area contributed by atoms with Gasteiger partial charge >= 0.3 is 0 Å². The van der Waals surface area contributed by atoms with Gasteiger partial charge in [-0.2, -0.15) is 0 Å². The smallest absolute Gasteiger partial charge is 0.165 e. The largest absolute Gasteiger partial charge is 0.381 e. The molecule has 102 valence electrons. The third kappa shape index (κ3) is 4.64. The van der Waals surface area contributed by atoms with Crippen molar-refractivity contribution in [2.45, 2.75) is 44.6 Å². The minimum Gasteiger partial charge on any atom is -0.381 e. The Kier molecular flexibility index (Phi) is 5.34. The van der Waals surface area contributed by atoms with Crippen molar-refractivity contribution in [2.75, 3.05) is 0 Å². The first-order valence-corrected chi connectivity index (χ1v) is 7.17. The summed E-state index contributed by atoms with van der Waals surface area (Å²) in [5, 5.41) is 9.56. The van der Waals surface area contributed by atoms with Crippen LogP contribution in [0.15, 0.2) is 42.5 Å². The van der Waals surface area contributed by atoms with Gasteiger partial charge in [-0.3, -0.25) is 4.79 Å². The molecule has 0 amide bonds. The summed E-state index contributed by atoms with van der Waals surface area (Å²) in [7, 11) is 0. The summed E-state index contributed by atoms with van der Waals surface area (Å²) in [6, 6.07) is 10.5. The second-order valence-electron chi connectivity index (χ2n) is 5.36. The molecule has 0 radical (unpaired) electrons. The monoisotopic (exact) mass is 258 g/mol. The Hall–Kier alpha value is -1.41. The zero-order valence-electron chi connectivity index (χ0n) is 11.3. The van der Waals surface area contributed by atoms with E-state index < -0.39 is 6.10 Å². The Balaban J connectivity index is 1.94. The van der Waals surface area contributed by atoms with Crippen molar-refractivity contribution in [2.24, 2.45) is 5.92 Å². The highest BCUT2D eigenvalue weighted by Gasteiger charge is 2.15. The number of allylic oxidation sites excluding steroid dienone is 1. The highest BCUT2D eigenvalue weighted by atomic mass is 16.3. The number of Topliss-reactive ketones (excluding diaryl/α,β-unsaturated/α-hetero) is 1. The van der Waals surface area contributed by atoms with Crippen molar-refractivity contribution in [3.8, 4) is 0 Å². The van der Waals surface area contributed by atoms with Crippen LogP contribution in [0.4, 0.5) is 0 Å². The first kappa shape index (κ1) is 14.0. The number of carbonyl (C=O) groups excluding carboxylic acids is 1. The first-order chi connectivity index (χ1) is 9.25. The summed E-state index contributed by atoms with van der Waals surface area (Å²) in [6.45, 7) is 0. The molecule has 0 saturated heterocycles. The molecule has 0 aromatic heterocycles. The van der Waals surface area contributed by atoms with Gasteiger partial charge in [-0.1, -0.05) is 42.5 Å². The number of rotatable bonds is 2. The van der Waals surface area contributed by atoms with Crippen LogP contribution in [-0.4, -0.2) is 17.0 Å². The lowest BCUT2D eigenvalue weighted by molar-refractivity contribution is -0.125. The summed E-state index contributed by atoms with van der Waals surface area (Å²) in [5.41, 5.74) is 1.37. The molecular weight excluding hydrogens is 236 g/mol. The number of carbonyl (C=O) groups is 1. The SMILES string of the molecule is O=C1CCCC(Cc2ccccc2)CCC=CC1O.